The van der Waals surface area contributed by atoms with Crippen LogP contribution in [0, 0.1) is 5.82 Å². The number of urea groups is 1. The molecule has 1 N–H and O–H groups in total. The van der Waals surface area contributed by atoms with Crippen molar-refractivity contribution in [2.45, 2.75) is 12.5 Å². The van der Waals surface area contributed by atoms with Crippen molar-refractivity contribution >= 4 is 11.9 Å². The number of nitrogens with one attached hydrogen (secondary N) is 1. The maximum absolute atomic E-state index is 13.1. The van der Waals surface area contributed by atoms with Gasteiger partial charge in [0.15, 0.2) is 0 Å². The van der Waals surface area contributed by atoms with Crippen LogP contribution in [0.4, 0.5) is 9.18 Å². The molecule has 2 fully saturated rings. The molecule has 2 aliphatic heterocycles. The van der Waals surface area contributed by atoms with Gasteiger partial charge in [0.25, 0.3) is 5.91 Å². The van der Waals surface area contributed by atoms with Crippen molar-refractivity contribution in [1.29, 1.82) is 0 Å². The fourth-order valence-electron chi connectivity index (χ4n) is 2.75. The number of benzene rings is 1. The van der Waals surface area contributed by atoms with Crippen LogP contribution < -0.4 is 5.32 Å². The summed E-state index contributed by atoms with van der Waals surface area (Å²) in [6, 6.07) is 5.18. The lowest BCUT2D eigenvalue weighted by Crippen LogP contribution is -2.47. The molecule has 2 aliphatic rings. The number of halogens is 1. The molecule has 1 aromatic carbocycles. The van der Waals surface area contributed by atoms with E-state index < -0.39 is 11.6 Å². The zero-order valence-electron chi connectivity index (χ0n) is 12.3. The Bertz CT molecular complexity index is 586. The van der Waals surface area contributed by atoms with Gasteiger partial charge in [-0.3, -0.25) is 9.69 Å². The van der Waals surface area contributed by atoms with Crippen molar-refractivity contribution in [1.82, 2.24) is 15.1 Å². The summed E-state index contributed by atoms with van der Waals surface area (Å²) in [4.78, 5) is 28.1. The fourth-order valence-corrected chi connectivity index (χ4v) is 2.75. The highest BCUT2D eigenvalue weighted by molar-refractivity contribution is 6.07. The third-order valence-corrected chi connectivity index (χ3v) is 4.14. The van der Waals surface area contributed by atoms with E-state index in [1.807, 2.05) is 4.90 Å². The van der Waals surface area contributed by atoms with Crippen LogP contribution in [0.5, 0.6) is 0 Å². The third-order valence-electron chi connectivity index (χ3n) is 4.14. The third kappa shape index (κ3) is 2.57. The van der Waals surface area contributed by atoms with E-state index in [0.29, 0.717) is 31.9 Å². The van der Waals surface area contributed by atoms with Crippen molar-refractivity contribution in [2.75, 3.05) is 33.0 Å². The number of morpholine rings is 1. The van der Waals surface area contributed by atoms with Crippen LogP contribution in [-0.2, 0) is 15.1 Å². The molecule has 1 atom stereocenters. The highest BCUT2D eigenvalue weighted by Crippen LogP contribution is 2.29. The van der Waals surface area contributed by atoms with Gasteiger partial charge in [-0.1, -0.05) is 12.1 Å². The predicted octanol–water partition coefficient (Wildman–Crippen LogP) is 0.882. The van der Waals surface area contributed by atoms with E-state index in [2.05, 4.69) is 5.32 Å². The molecule has 1 aromatic rings. The molecule has 0 spiro atoms. The first-order chi connectivity index (χ1) is 10.5. The minimum absolute atomic E-state index is 0.241. The highest BCUT2D eigenvalue weighted by atomic mass is 19.1. The normalized spacial score (nSPS) is 26.4. The first-order valence-corrected chi connectivity index (χ1v) is 7.21. The molecule has 0 unspecified atom stereocenters. The average Bonchev–Trinajstić information content (AvgIpc) is 2.73. The Morgan fingerprint density at radius 1 is 1.23 bits per heavy atom. The van der Waals surface area contributed by atoms with E-state index in [0.717, 1.165) is 0 Å². The molecular weight excluding hydrogens is 289 g/mol. The number of ether oxygens (including phenoxy) is 1. The highest BCUT2D eigenvalue weighted by Gasteiger charge is 2.49. The van der Waals surface area contributed by atoms with Gasteiger partial charge in [-0.2, -0.15) is 0 Å². The number of hydrogen-bond acceptors (Lipinski definition) is 4. The Morgan fingerprint density at radius 2 is 1.86 bits per heavy atom. The van der Waals surface area contributed by atoms with Crippen LogP contribution in [0.15, 0.2) is 24.3 Å². The zero-order chi connectivity index (χ0) is 15.7. The maximum atomic E-state index is 13.1. The molecule has 3 amide bonds. The summed E-state index contributed by atoms with van der Waals surface area (Å²) in [5, 5.41) is 2.71. The zero-order valence-corrected chi connectivity index (χ0v) is 12.3. The smallest absolute Gasteiger partial charge is 0.326 e. The number of carbonyl (C=O) groups is 2. The quantitative estimate of drug-likeness (QED) is 0.842. The van der Waals surface area contributed by atoms with Gasteiger partial charge in [0.2, 0.25) is 0 Å². The molecule has 3 rings (SSSR count). The summed E-state index contributed by atoms with van der Waals surface area (Å²) in [7, 11) is 0. The molecule has 2 saturated heterocycles. The van der Waals surface area contributed by atoms with Gasteiger partial charge in [0.05, 0.1) is 19.9 Å². The van der Waals surface area contributed by atoms with Gasteiger partial charge in [0.1, 0.15) is 11.4 Å². The molecule has 7 heteroatoms. The summed E-state index contributed by atoms with van der Waals surface area (Å²) < 4.78 is 18.3. The minimum atomic E-state index is -1.16. The molecule has 22 heavy (non-hydrogen) atoms. The number of carbonyl (C=O) groups excluding carboxylic acids is 2. The monoisotopic (exact) mass is 307 g/mol. The maximum Gasteiger partial charge on any atom is 0.326 e. The molecule has 0 bridgehead atoms. The molecular formula is C15H18FN3O3. The molecule has 6 nitrogen and oxygen atoms in total. The first kappa shape index (κ1) is 14.9. The fraction of sp³-hybridized carbons (Fsp3) is 0.467. The Morgan fingerprint density at radius 3 is 2.50 bits per heavy atom. The van der Waals surface area contributed by atoms with Crippen molar-refractivity contribution < 1.29 is 18.7 Å². The molecule has 0 saturated carbocycles. The van der Waals surface area contributed by atoms with Crippen molar-refractivity contribution in [3.05, 3.63) is 35.6 Å². The Kier molecular flexibility index (Phi) is 3.84. The standard InChI is InChI=1S/C15H18FN3O3/c1-15(11-2-4-12(16)5-3-11)13(20)19(14(21)17-15)10-18-6-8-22-9-7-18/h2-5H,6-10H2,1H3,(H,17,21)/t15-/m0/s1. The van der Waals surface area contributed by atoms with E-state index in [1.165, 1.54) is 29.2 Å². The summed E-state index contributed by atoms with van der Waals surface area (Å²) in [6.45, 7) is 4.44. The van der Waals surface area contributed by atoms with Gasteiger partial charge in [0, 0.05) is 13.1 Å². The Balaban J connectivity index is 1.79. The number of imide groups is 1. The van der Waals surface area contributed by atoms with Gasteiger partial charge in [-0.15, -0.1) is 0 Å². The van der Waals surface area contributed by atoms with Crippen molar-refractivity contribution in [3.8, 4) is 0 Å². The van der Waals surface area contributed by atoms with Crippen LogP contribution in [0.3, 0.4) is 0 Å². The lowest BCUT2D eigenvalue weighted by atomic mass is 9.92. The summed E-state index contributed by atoms with van der Waals surface area (Å²) >= 11 is 0. The van der Waals surface area contributed by atoms with E-state index >= 15 is 0 Å². The summed E-state index contributed by atoms with van der Waals surface area (Å²) in [5.74, 6) is -0.704. The number of nitrogens with zero attached hydrogens (tertiary/aromatic N) is 2. The van der Waals surface area contributed by atoms with Crippen LogP contribution in [0.2, 0.25) is 0 Å². The Labute approximate surface area is 127 Å². The van der Waals surface area contributed by atoms with E-state index in [1.54, 1.807) is 6.92 Å². The summed E-state index contributed by atoms with van der Waals surface area (Å²) in [5.41, 5.74) is -0.589. The predicted molar refractivity (Wildman–Crippen MR) is 76.4 cm³/mol. The lowest BCUT2D eigenvalue weighted by molar-refractivity contribution is -0.133. The average molecular weight is 307 g/mol. The van der Waals surface area contributed by atoms with Gasteiger partial charge in [-0.25, -0.2) is 14.1 Å². The number of amides is 3. The van der Waals surface area contributed by atoms with E-state index in [9.17, 15) is 14.0 Å². The molecule has 0 aliphatic carbocycles. The molecule has 0 radical (unpaired) electrons. The minimum Gasteiger partial charge on any atom is -0.379 e. The SMILES string of the molecule is C[C@@]1(c2ccc(F)cc2)NC(=O)N(CN2CCOCC2)C1=O. The topological polar surface area (TPSA) is 61.9 Å². The van der Waals surface area contributed by atoms with Gasteiger partial charge >= 0.3 is 6.03 Å². The number of hydrogen-bond donors (Lipinski definition) is 1. The second-order valence-electron chi connectivity index (χ2n) is 5.67. The largest absolute Gasteiger partial charge is 0.379 e. The van der Waals surface area contributed by atoms with Crippen LogP contribution in [0.25, 0.3) is 0 Å². The van der Waals surface area contributed by atoms with E-state index in [-0.39, 0.29) is 18.4 Å². The first-order valence-electron chi connectivity index (χ1n) is 7.21. The second kappa shape index (κ2) is 5.66. The molecule has 2 heterocycles. The number of rotatable bonds is 3. The summed E-state index contributed by atoms with van der Waals surface area (Å²) in [6.07, 6.45) is 0. The van der Waals surface area contributed by atoms with Crippen molar-refractivity contribution in [2.24, 2.45) is 0 Å². The van der Waals surface area contributed by atoms with Crippen LogP contribution in [0.1, 0.15) is 12.5 Å². The van der Waals surface area contributed by atoms with Gasteiger partial charge in [-0.05, 0) is 24.6 Å². The van der Waals surface area contributed by atoms with Crippen molar-refractivity contribution in [3.63, 3.8) is 0 Å². The van der Waals surface area contributed by atoms with Crippen LogP contribution in [-0.4, -0.2) is 54.7 Å². The van der Waals surface area contributed by atoms with Crippen LogP contribution >= 0.6 is 0 Å². The van der Waals surface area contributed by atoms with Gasteiger partial charge < -0.3 is 10.1 Å². The molecule has 0 aromatic heterocycles. The second-order valence-corrected chi connectivity index (χ2v) is 5.67. The van der Waals surface area contributed by atoms with E-state index in [4.69, 9.17) is 4.74 Å². The lowest BCUT2D eigenvalue weighted by Gasteiger charge is -2.30. The Hall–Kier alpha value is -1.99. The molecule has 118 valence electrons.